The third kappa shape index (κ3) is 5.63. The van der Waals surface area contributed by atoms with Crippen molar-refractivity contribution in [2.75, 3.05) is 33.3 Å². The predicted octanol–water partition coefficient (Wildman–Crippen LogP) is 4.34. The van der Waals surface area contributed by atoms with Gasteiger partial charge in [-0.15, -0.1) is 0 Å². The summed E-state index contributed by atoms with van der Waals surface area (Å²) in [6.45, 7) is 11.0. The number of H-pyrrole nitrogens is 1. The van der Waals surface area contributed by atoms with E-state index in [9.17, 15) is 4.79 Å². The van der Waals surface area contributed by atoms with Crippen molar-refractivity contribution in [1.29, 1.82) is 0 Å². The van der Waals surface area contributed by atoms with E-state index in [1.54, 1.807) is 7.11 Å². The predicted molar refractivity (Wildman–Crippen MR) is 117 cm³/mol. The molecule has 1 saturated heterocycles. The molecule has 29 heavy (non-hydrogen) atoms. The largest absolute Gasteiger partial charge is 0.496 e. The summed E-state index contributed by atoms with van der Waals surface area (Å²) in [7, 11) is 1.73. The number of para-hydroxylation sites is 1. The van der Waals surface area contributed by atoms with E-state index in [1.807, 2.05) is 31.3 Å². The number of aryl methyl sites for hydroxylation is 1. The first-order chi connectivity index (χ1) is 14.0. The van der Waals surface area contributed by atoms with Crippen LogP contribution in [0.2, 0.25) is 0 Å². The summed E-state index contributed by atoms with van der Waals surface area (Å²) in [5.41, 5.74) is 3.00. The second-order valence-corrected chi connectivity index (χ2v) is 8.65. The summed E-state index contributed by atoms with van der Waals surface area (Å²) in [6, 6.07) is 10.2. The number of hydrogen-bond donors (Lipinski definition) is 1. The molecule has 158 valence electrons. The zero-order valence-corrected chi connectivity index (χ0v) is 18.3. The number of nitrogens with one attached hydrogen (secondary N) is 1. The molecule has 3 rings (SSSR count). The zero-order chi connectivity index (χ0) is 20.8. The van der Waals surface area contributed by atoms with E-state index in [-0.39, 0.29) is 5.91 Å². The van der Waals surface area contributed by atoms with Gasteiger partial charge in [-0.3, -0.25) is 9.69 Å². The molecule has 5 nitrogen and oxygen atoms in total. The van der Waals surface area contributed by atoms with Crippen molar-refractivity contribution in [3.05, 3.63) is 53.3 Å². The standard InChI is InChI=1S/C24H35N3O2/c1-18(2)15-27(24(28)22-9-12-25-19(22)3)16-20-10-13-26(14-11-20)17-21-7-5-6-8-23(21)29-4/h5-9,12,18,20,25H,10-11,13-17H2,1-4H3. The Morgan fingerprint density at radius 3 is 2.59 bits per heavy atom. The van der Waals surface area contributed by atoms with Crippen LogP contribution in [0.5, 0.6) is 5.75 Å². The minimum Gasteiger partial charge on any atom is -0.496 e. The minimum absolute atomic E-state index is 0.161. The molecule has 0 aliphatic carbocycles. The van der Waals surface area contributed by atoms with Crippen LogP contribution < -0.4 is 4.74 Å². The molecule has 0 bridgehead atoms. The maximum atomic E-state index is 13.1. The summed E-state index contributed by atoms with van der Waals surface area (Å²) in [5, 5.41) is 0. The van der Waals surface area contributed by atoms with Gasteiger partial charge in [-0.25, -0.2) is 0 Å². The molecule has 1 aromatic heterocycles. The average Bonchev–Trinajstić information content (AvgIpc) is 3.14. The van der Waals surface area contributed by atoms with Crippen LogP contribution in [-0.2, 0) is 6.54 Å². The first-order valence-electron chi connectivity index (χ1n) is 10.8. The van der Waals surface area contributed by atoms with Crippen molar-refractivity contribution >= 4 is 5.91 Å². The Bertz CT molecular complexity index is 791. The quantitative estimate of drug-likeness (QED) is 0.721. The number of amides is 1. The number of benzene rings is 1. The van der Waals surface area contributed by atoms with Crippen LogP contribution >= 0.6 is 0 Å². The lowest BCUT2D eigenvalue weighted by Gasteiger charge is -2.35. The van der Waals surface area contributed by atoms with E-state index < -0.39 is 0 Å². The van der Waals surface area contributed by atoms with Crippen molar-refractivity contribution in [2.24, 2.45) is 11.8 Å². The van der Waals surface area contributed by atoms with Crippen molar-refractivity contribution < 1.29 is 9.53 Å². The molecule has 0 unspecified atom stereocenters. The van der Waals surface area contributed by atoms with Crippen LogP contribution in [0.1, 0.15) is 48.3 Å². The lowest BCUT2D eigenvalue weighted by Crippen LogP contribution is -2.42. The summed E-state index contributed by atoms with van der Waals surface area (Å²) >= 11 is 0. The van der Waals surface area contributed by atoms with Crippen LogP contribution in [0.4, 0.5) is 0 Å². The van der Waals surface area contributed by atoms with Gasteiger partial charge in [0.1, 0.15) is 5.75 Å². The molecule has 1 amide bonds. The molecule has 2 aromatic rings. The first-order valence-corrected chi connectivity index (χ1v) is 10.8. The number of methoxy groups -OCH3 is 1. The molecule has 5 heteroatoms. The molecule has 0 saturated carbocycles. The molecule has 1 fully saturated rings. The number of aromatic amines is 1. The van der Waals surface area contributed by atoms with Gasteiger partial charge in [0.15, 0.2) is 0 Å². The van der Waals surface area contributed by atoms with Crippen LogP contribution in [-0.4, -0.2) is 54.0 Å². The first kappa shape index (κ1) is 21.4. The summed E-state index contributed by atoms with van der Waals surface area (Å²) in [6.07, 6.45) is 4.11. The van der Waals surface area contributed by atoms with Gasteiger partial charge in [0.2, 0.25) is 0 Å². The number of likely N-dealkylation sites (tertiary alicyclic amines) is 1. The molecule has 0 spiro atoms. The van der Waals surface area contributed by atoms with Crippen LogP contribution in [0.15, 0.2) is 36.5 Å². The Balaban J connectivity index is 1.57. The van der Waals surface area contributed by atoms with Gasteiger partial charge in [0.05, 0.1) is 12.7 Å². The van der Waals surface area contributed by atoms with Gasteiger partial charge < -0.3 is 14.6 Å². The highest BCUT2D eigenvalue weighted by molar-refractivity contribution is 5.95. The van der Waals surface area contributed by atoms with Gasteiger partial charge in [0.25, 0.3) is 5.91 Å². The number of carbonyl (C=O) groups excluding carboxylic acids is 1. The Labute approximate surface area is 175 Å². The van der Waals surface area contributed by atoms with Crippen molar-refractivity contribution in [3.63, 3.8) is 0 Å². The normalized spacial score (nSPS) is 15.6. The van der Waals surface area contributed by atoms with E-state index >= 15 is 0 Å². The van der Waals surface area contributed by atoms with Gasteiger partial charge in [-0.05, 0) is 56.8 Å². The van der Waals surface area contributed by atoms with E-state index in [1.165, 1.54) is 5.56 Å². The summed E-state index contributed by atoms with van der Waals surface area (Å²) in [5.74, 6) is 2.15. The highest BCUT2D eigenvalue weighted by Crippen LogP contribution is 2.25. The Morgan fingerprint density at radius 1 is 1.24 bits per heavy atom. The highest BCUT2D eigenvalue weighted by atomic mass is 16.5. The number of ether oxygens (including phenoxy) is 1. The lowest BCUT2D eigenvalue weighted by atomic mass is 9.95. The maximum Gasteiger partial charge on any atom is 0.255 e. The lowest BCUT2D eigenvalue weighted by molar-refractivity contribution is 0.0662. The van der Waals surface area contributed by atoms with Crippen LogP contribution in [0, 0.1) is 18.8 Å². The number of nitrogens with zero attached hydrogens (tertiary/aromatic N) is 2. The molecule has 1 aromatic carbocycles. The second-order valence-electron chi connectivity index (χ2n) is 8.65. The van der Waals surface area contributed by atoms with Crippen molar-refractivity contribution in [3.8, 4) is 5.75 Å². The highest BCUT2D eigenvalue weighted by Gasteiger charge is 2.26. The number of aromatic nitrogens is 1. The van der Waals surface area contributed by atoms with Crippen LogP contribution in [0.3, 0.4) is 0 Å². The monoisotopic (exact) mass is 397 g/mol. The van der Waals surface area contributed by atoms with Gasteiger partial charge in [0, 0.05) is 37.1 Å². The molecule has 2 heterocycles. The second kappa shape index (κ2) is 9.97. The van der Waals surface area contributed by atoms with Gasteiger partial charge in [-0.1, -0.05) is 32.0 Å². The Kier molecular flexibility index (Phi) is 7.37. The van der Waals surface area contributed by atoms with Crippen molar-refractivity contribution in [1.82, 2.24) is 14.8 Å². The van der Waals surface area contributed by atoms with Crippen molar-refractivity contribution in [2.45, 2.75) is 40.2 Å². The van der Waals surface area contributed by atoms with E-state index in [2.05, 4.69) is 40.8 Å². The molecule has 1 aliphatic heterocycles. The number of piperidine rings is 1. The minimum atomic E-state index is 0.161. The summed E-state index contributed by atoms with van der Waals surface area (Å²) in [4.78, 5) is 20.8. The fourth-order valence-electron chi connectivity index (χ4n) is 4.25. The molecule has 1 N–H and O–H groups in total. The number of hydrogen-bond acceptors (Lipinski definition) is 3. The Morgan fingerprint density at radius 2 is 1.97 bits per heavy atom. The third-order valence-corrected chi connectivity index (χ3v) is 5.83. The summed E-state index contributed by atoms with van der Waals surface area (Å²) < 4.78 is 5.50. The van der Waals surface area contributed by atoms with E-state index in [0.29, 0.717) is 11.8 Å². The topological polar surface area (TPSA) is 48.6 Å². The smallest absolute Gasteiger partial charge is 0.255 e. The fourth-order valence-corrected chi connectivity index (χ4v) is 4.25. The van der Waals surface area contributed by atoms with E-state index in [0.717, 1.165) is 62.6 Å². The van der Waals surface area contributed by atoms with Crippen LogP contribution in [0.25, 0.3) is 0 Å². The molecule has 0 atom stereocenters. The SMILES string of the molecule is COc1ccccc1CN1CCC(CN(CC(C)C)C(=O)c2cc[nH]c2C)CC1. The fraction of sp³-hybridized carbons (Fsp3) is 0.542. The Hall–Kier alpha value is -2.27. The molecule has 0 radical (unpaired) electrons. The maximum absolute atomic E-state index is 13.1. The average molecular weight is 398 g/mol. The third-order valence-electron chi connectivity index (χ3n) is 5.83. The molecular formula is C24H35N3O2. The van der Waals surface area contributed by atoms with E-state index in [4.69, 9.17) is 4.74 Å². The van der Waals surface area contributed by atoms with Gasteiger partial charge >= 0.3 is 0 Å². The zero-order valence-electron chi connectivity index (χ0n) is 18.3. The molecular weight excluding hydrogens is 362 g/mol. The number of carbonyl (C=O) groups is 1. The molecule has 1 aliphatic rings. The van der Waals surface area contributed by atoms with Gasteiger partial charge in [-0.2, -0.15) is 0 Å². The number of rotatable bonds is 8.